The van der Waals surface area contributed by atoms with Crippen molar-refractivity contribution >= 4 is 5.69 Å². The second kappa shape index (κ2) is 4.45. The molecule has 0 radical (unpaired) electrons. The molecule has 1 N–H and O–H groups in total. The Kier molecular flexibility index (Phi) is 3.02. The third-order valence-corrected chi connectivity index (χ3v) is 2.94. The van der Waals surface area contributed by atoms with Crippen molar-refractivity contribution in [3.63, 3.8) is 0 Å². The minimum atomic E-state index is 0.885. The molecule has 14 heavy (non-hydrogen) atoms. The summed E-state index contributed by atoms with van der Waals surface area (Å²) in [6.07, 6.45) is 9.41. The molecule has 76 valence electrons. The van der Waals surface area contributed by atoms with E-state index in [2.05, 4.69) is 23.3 Å². The second-order valence-electron chi connectivity index (χ2n) is 4.28. The number of pyridine rings is 1. The van der Waals surface area contributed by atoms with Crippen LogP contribution in [0, 0.1) is 12.8 Å². The summed E-state index contributed by atoms with van der Waals surface area (Å²) in [5.74, 6) is 0.885. The van der Waals surface area contributed by atoms with Crippen molar-refractivity contribution in [2.75, 3.05) is 11.9 Å². The molecule has 2 heteroatoms. The number of anilines is 1. The van der Waals surface area contributed by atoms with Gasteiger partial charge in [-0.15, -0.1) is 0 Å². The average molecular weight is 190 g/mol. The monoisotopic (exact) mass is 190 g/mol. The van der Waals surface area contributed by atoms with E-state index in [1.54, 1.807) is 0 Å². The molecule has 0 spiro atoms. The normalized spacial score (nSPS) is 17.2. The summed E-state index contributed by atoms with van der Waals surface area (Å²) < 4.78 is 0. The molecule has 1 aromatic rings. The molecule has 0 saturated heterocycles. The zero-order chi connectivity index (χ0) is 9.80. The van der Waals surface area contributed by atoms with E-state index in [1.165, 1.54) is 31.2 Å². The SMILES string of the molecule is Cc1cncc(NCC2CCCC2)c1. The maximum absolute atomic E-state index is 4.17. The molecule has 0 atom stereocenters. The lowest BCUT2D eigenvalue weighted by atomic mass is 10.1. The Morgan fingerprint density at radius 1 is 1.36 bits per heavy atom. The number of aromatic nitrogens is 1. The fourth-order valence-corrected chi connectivity index (χ4v) is 2.13. The van der Waals surface area contributed by atoms with Crippen molar-refractivity contribution in [3.05, 3.63) is 24.0 Å². The fourth-order valence-electron chi connectivity index (χ4n) is 2.13. The minimum absolute atomic E-state index is 0.885. The number of hydrogen-bond acceptors (Lipinski definition) is 2. The van der Waals surface area contributed by atoms with Crippen molar-refractivity contribution in [2.45, 2.75) is 32.6 Å². The van der Waals surface area contributed by atoms with Gasteiger partial charge in [-0.25, -0.2) is 0 Å². The van der Waals surface area contributed by atoms with E-state index in [0.717, 1.165) is 18.2 Å². The van der Waals surface area contributed by atoms with Crippen LogP contribution in [0.25, 0.3) is 0 Å². The summed E-state index contributed by atoms with van der Waals surface area (Å²) >= 11 is 0. The van der Waals surface area contributed by atoms with Crippen molar-refractivity contribution in [1.82, 2.24) is 4.98 Å². The highest BCUT2D eigenvalue weighted by Gasteiger charge is 2.14. The van der Waals surface area contributed by atoms with Gasteiger partial charge in [0, 0.05) is 18.9 Å². The molecule has 0 amide bonds. The van der Waals surface area contributed by atoms with E-state index < -0.39 is 0 Å². The van der Waals surface area contributed by atoms with E-state index in [9.17, 15) is 0 Å². The Hall–Kier alpha value is -1.05. The first kappa shape index (κ1) is 9.50. The fraction of sp³-hybridized carbons (Fsp3) is 0.583. The first-order valence-corrected chi connectivity index (χ1v) is 5.50. The van der Waals surface area contributed by atoms with Crippen LogP contribution in [-0.2, 0) is 0 Å². The van der Waals surface area contributed by atoms with Gasteiger partial charge in [-0.1, -0.05) is 12.8 Å². The molecule has 0 unspecified atom stereocenters. The van der Waals surface area contributed by atoms with Crippen LogP contribution in [0.3, 0.4) is 0 Å². The van der Waals surface area contributed by atoms with Crippen molar-refractivity contribution in [2.24, 2.45) is 5.92 Å². The van der Waals surface area contributed by atoms with Crippen molar-refractivity contribution in [3.8, 4) is 0 Å². The summed E-state index contributed by atoms with van der Waals surface area (Å²) in [6, 6.07) is 2.15. The lowest BCUT2D eigenvalue weighted by Gasteiger charge is -2.11. The Morgan fingerprint density at radius 2 is 2.14 bits per heavy atom. The zero-order valence-electron chi connectivity index (χ0n) is 8.79. The molecule has 1 saturated carbocycles. The van der Waals surface area contributed by atoms with Crippen LogP contribution in [0.5, 0.6) is 0 Å². The van der Waals surface area contributed by atoms with Gasteiger partial charge in [-0.05, 0) is 37.3 Å². The highest BCUT2D eigenvalue weighted by molar-refractivity contribution is 5.42. The Bertz CT molecular complexity index is 290. The van der Waals surface area contributed by atoms with Crippen molar-refractivity contribution in [1.29, 1.82) is 0 Å². The van der Waals surface area contributed by atoms with E-state index >= 15 is 0 Å². The third-order valence-electron chi connectivity index (χ3n) is 2.94. The van der Waals surface area contributed by atoms with Crippen LogP contribution < -0.4 is 5.32 Å². The highest BCUT2D eigenvalue weighted by Crippen LogP contribution is 2.24. The molecule has 0 bridgehead atoms. The summed E-state index contributed by atoms with van der Waals surface area (Å²) in [5.41, 5.74) is 2.39. The van der Waals surface area contributed by atoms with Gasteiger partial charge < -0.3 is 5.32 Å². The molecule has 0 aromatic carbocycles. The molecular formula is C12H18N2. The van der Waals surface area contributed by atoms with E-state index in [0.29, 0.717) is 0 Å². The Balaban J connectivity index is 1.85. The van der Waals surface area contributed by atoms with Crippen LogP contribution in [0.15, 0.2) is 18.5 Å². The number of nitrogens with one attached hydrogen (secondary N) is 1. The van der Waals surface area contributed by atoms with Crippen molar-refractivity contribution < 1.29 is 0 Å². The first-order valence-electron chi connectivity index (χ1n) is 5.50. The van der Waals surface area contributed by atoms with Gasteiger partial charge in [0.25, 0.3) is 0 Å². The summed E-state index contributed by atoms with van der Waals surface area (Å²) in [7, 11) is 0. The van der Waals surface area contributed by atoms with Gasteiger partial charge >= 0.3 is 0 Å². The number of hydrogen-bond donors (Lipinski definition) is 1. The molecule has 1 fully saturated rings. The van der Waals surface area contributed by atoms with E-state index in [4.69, 9.17) is 0 Å². The highest BCUT2D eigenvalue weighted by atomic mass is 14.9. The minimum Gasteiger partial charge on any atom is -0.384 e. The summed E-state index contributed by atoms with van der Waals surface area (Å²) in [5, 5.41) is 3.46. The zero-order valence-corrected chi connectivity index (χ0v) is 8.79. The summed E-state index contributed by atoms with van der Waals surface area (Å²) in [4.78, 5) is 4.17. The second-order valence-corrected chi connectivity index (χ2v) is 4.28. The number of rotatable bonds is 3. The molecule has 2 nitrogen and oxygen atoms in total. The quantitative estimate of drug-likeness (QED) is 0.792. The summed E-state index contributed by atoms with van der Waals surface area (Å²) in [6.45, 7) is 3.19. The standard InChI is InChI=1S/C12H18N2/c1-10-6-12(9-13-7-10)14-8-11-4-2-3-5-11/h6-7,9,11,14H,2-5,8H2,1H3. The van der Waals surface area contributed by atoms with Crippen LogP contribution in [0.2, 0.25) is 0 Å². The molecule has 1 heterocycles. The molecular weight excluding hydrogens is 172 g/mol. The van der Waals surface area contributed by atoms with Crippen LogP contribution >= 0.6 is 0 Å². The van der Waals surface area contributed by atoms with Crippen LogP contribution in [0.4, 0.5) is 5.69 Å². The molecule has 1 aliphatic carbocycles. The number of nitrogens with zero attached hydrogens (tertiary/aromatic N) is 1. The predicted octanol–water partition coefficient (Wildman–Crippen LogP) is 2.99. The maximum atomic E-state index is 4.17. The Labute approximate surface area is 85.7 Å². The third kappa shape index (κ3) is 2.47. The van der Waals surface area contributed by atoms with E-state index in [-0.39, 0.29) is 0 Å². The Morgan fingerprint density at radius 3 is 2.86 bits per heavy atom. The van der Waals surface area contributed by atoms with Gasteiger partial charge in [0.2, 0.25) is 0 Å². The first-order chi connectivity index (χ1) is 6.84. The van der Waals surface area contributed by atoms with Gasteiger partial charge in [-0.2, -0.15) is 0 Å². The van der Waals surface area contributed by atoms with Crippen LogP contribution in [0.1, 0.15) is 31.2 Å². The molecule has 0 aliphatic heterocycles. The largest absolute Gasteiger partial charge is 0.384 e. The van der Waals surface area contributed by atoms with Gasteiger partial charge in [0.05, 0.1) is 5.69 Å². The maximum Gasteiger partial charge on any atom is 0.0529 e. The van der Waals surface area contributed by atoms with Gasteiger partial charge in [0.1, 0.15) is 0 Å². The van der Waals surface area contributed by atoms with Gasteiger partial charge in [-0.3, -0.25) is 4.98 Å². The average Bonchev–Trinajstić information content (AvgIpc) is 2.67. The molecule has 1 aromatic heterocycles. The van der Waals surface area contributed by atoms with E-state index in [1.807, 2.05) is 12.4 Å². The van der Waals surface area contributed by atoms with Crippen LogP contribution in [-0.4, -0.2) is 11.5 Å². The smallest absolute Gasteiger partial charge is 0.0529 e. The molecule has 1 aliphatic rings. The predicted molar refractivity (Wildman–Crippen MR) is 59.4 cm³/mol. The lowest BCUT2D eigenvalue weighted by Crippen LogP contribution is -2.10. The van der Waals surface area contributed by atoms with Gasteiger partial charge in [0.15, 0.2) is 0 Å². The molecule has 2 rings (SSSR count). The topological polar surface area (TPSA) is 24.9 Å². The number of aryl methyl sites for hydroxylation is 1. The lowest BCUT2D eigenvalue weighted by molar-refractivity contribution is 0.580.